The van der Waals surface area contributed by atoms with E-state index in [0.29, 0.717) is 0 Å². The molecule has 2 aromatic heterocycles. The normalized spacial score (nSPS) is 12.1. The summed E-state index contributed by atoms with van der Waals surface area (Å²) in [7, 11) is 2.07. The zero-order valence-corrected chi connectivity index (χ0v) is 13.1. The van der Waals surface area contributed by atoms with Crippen LogP contribution >= 0.6 is 0 Å². The molecule has 3 heteroatoms. The topological polar surface area (TPSA) is 29.7 Å². The van der Waals surface area contributed by atoms with Gasteiger partial charge in [-0.1, -0.05) is 23.8 Å². The van der Waals surface area contributed by atoms with Crippen LogP contribution in [-0.4, -0.2) is 9.97 Å². The first kappa shape index (κ1) is 13.1. The van der Waals surface area contributed by atoms with Gasteiger partial charge in [0, 0.05) is 11.8 Å². The highest BCUT2D eigenvalue weighted by atomic mass is 15.0. The third-order valence-electron chi connectivity index (χ3n) is 4.36. The first-order valence-electron chi connectivity index (χ1n) is 7.55. The molecule has 0 atom stereocenters. The van der Waals surface area contributed by atoms with E-state index in [0.717, 1.165) is 23.6 Å². The average Bonchev–Trinajstić information content (AvgIpc) is 2.87. The van der Waals surface area contributed by atoms with Crippen LogP contribution in [0.2, 0.25) is 0 Å². The van der Waals surface area contributed by atoms with Crippen LogP contribution in [-0.2, 0) is 13.5 Å². The summed E-state index contributed by atoms with van der Waals surface area (Å²) in [6.45, 7) is 4.26. The number of aromatic nitrogens is 3. The molecule has 1 aromatic carbocycles. The van der Waals surface area contributed by atoms with Gasteiger partial charge in [0.1, 0.15) is 6.20 Å². The lowest BCUT2D eigenvalue weighted by atomic mass is 10.0. The van der Waals surface area contributed by atoms with Crippen molar-refractivity contribution in [2.75, 3.05) is 0 Å². The molecule has 0 radical (unpaired) electrons. The summed E-state index contributed by atoms with van der Waals surface area (Å²) in [6.07, 6.45) is 4.87. The van der Waals surface area contributed by atoms with Crippen LogP contribution in [0.15, 0.2) is 42.7 Å². The van der Waals surface area contributed by atoms with Crippen LogP contribution in [0.3, 0.4) is 0 Å². The Kier molecular flexibility index (Phi) is 2.83. The second-order valence-electron chi connectivity index (χ2n) is 6.03. The van der Waals surface area contributed by atoms with E-state index in [1.807, 2.05) is 12.3 Å². The van der Waals surface area contributed by atoms with Gasteiger partial charge in [0.05, 0.1) is 30.3 Å². The molecule has 2 heterocycles. The monoisotopic (exact) mass is 288 g/mol. The van der Waals surface area contributed by atoms with E-state index in [-0.39, 0.29) is 0 Å². The standard InChI is InChI=1S/C19H18N3/c1-12-6-7-13(2)15(9-12)19-21-18-10-17-14(5-4-8-20-17)16(18)11-22(19)3/h4-9,11H,10H2,1-3H3/q+1. The lowest BCUT2D eigenvalue weighted by Crippen LogP contribution is -2.33. The van der Waals surface area contributed by atoms with Crippen molar-refractivity contribution >= 4 is 0 Å². The van der Waals surface area contributed by atoms with Crippen molar-refractivity contribution < 1.29 is 4.57 Å². The van der Waals surface area contributed by atoms with Crippen LogP contribution in [0, 0.1) is 13.8 Å². The summed E-state index contributed by atoms with van der Waals surface area (Å²) in [4.78, 5) is 9.45. The molecule has 0 saturated carbocycles. The van der Waals surface area contributed by atoms with Crippen molar-refractivity contribution in [2.45, 2.75) is 20.3 Å². The van der Waals surface area contributed by atoms with Gasteiger partial charge < -0.3 is 0 Å². The molecule has 0 unspecified atom stereocenters. The lowest BCUT2D eigenvalue weighted by molar-refractivity contribution is -0.662. The Morgan fingerprint density at radius 2 is 1.86 bits per heavy atom. The SMILES string of the molecule is Cc1ccc(C)c(-c2nc3c(c[n+]2C)-c2cccnc2C3)c1. The molecular weight excluding hydrogens is 270 g/mol. The molecule has 108 valence electrons. The quantitative estimate of drug-likeness (QED) is 0.504. The highest BCUT2D eigenvalue weighted by molar-refractivity contribution is 5.73. The van der Waals surface area contributed by atoms with Crippen molar-refractivity contribution in [3.63, 3.8) is 0 Å². The van der Waals surface area contributed by atoms with Crippen LogP contribution in [0.5, 0.6) is 0 Å². The Morgan fingerprint density at radius 1 is 1.00 bits per heavy atom. The maximum absolute atomic E-state index is 4.96. The van der Waals surface area contributed by atoms with Gasteiger partial charge in [0.15, 0.2) is 5.69 Å². The zero-order chi connectivity index (χ0) is 15.3. The maximum atomic E-state index is 4.96. The molecule has 0 fully saturated rings. The third-order valence-corrected chi connectivity index (χ3v) is 4.36. The van der Waals surface area contributed by atoms with E-state index < -0.39 is 0 Å². The fourth-order valence-electron chi connectivity index (χ4n) is 3.17. The van der Waals surface area contributed by atoms with Crippen molar-refractivity contribution in [1.29, 1.82) is 0 Å². The third kappa shape index (κ3) is 1.93. The zero-order valence-electron chi connectivity index (χ0n) is 13.1. The van der Waals surface area contributed by atoms with E-state index in [1.165, 1.54) is 27.8 Å². The molecule has 3 aromatic rings. The number of pyridine rings is 1. The van der Waals surface area contributed by atoms with Gasteiger partial charge >= 0.3 is 5.82 Å². The van der Waals surface area contributed by atoms with E-state index in [4.69, 9.17) is 4.98 Å². The summed E-state index contributed by atoms with van der Waals surface area (Å²) >= 11 is 0. The van der Waals surface area contributed by atoms with Crippen molar-refractivity contribution in [2.24, 2.45) is 7.05 Å². The molecule has 22 heavy (non-hydrogen) atoms. The molecule has 0 amide bonds. The number of aryl methyl sites for hydroxylation is 3. The molecule has 1 aliphatic rings. The van der Waals surface area contributed by atoms with Crippen LogP contribution < -0.4 is 4.57 Å². The van der Waals surface area contributed by atoms with Crippen LogP contribution in [0.4, 0.5) is 0 Å². The molecular formula is C19H18N3+. The van der Waals surface area contributed by atoms with Crippen molar-refractivity contribution in [3.05, 3.63) is 65.2 Å². The van der Waals surface area contributed by atoms with Gasteiger partial charge in [-0.3, -0.25) is 4.98 Å². The molecule has 3 nitrogen and oxygen atoms in total. The summed E-state index contributed by atoms with van der Waals surface area (Å²) in [5.74, 6) is 1.02. The number of fused-ring (bicyclic) bond motifs is 3. The maximum Gasteiger partial charge on any atom is 0.330 e. The van der Waals surface area contributed by atoms with Gasteiger partial charge in [-0.05, 0) is 36.5 Å². The van der Waals surface area contributed by atoms with Gasteiger partial charge in [-0.15, -0.1) is 0 Å². The highest BCUT2D eigenvalue weighted by Crippen LogP contribution is 2.34. The summed E-state index contributed by atoms with van der Waals surface area (Å²) in [5, 5.41) is 0. The summed E-state index contributed by atoms with van der Waals surface area (Å²) in [5.41, 5.74) is 8.39. The summed E-state index contributed by atoms with van der Waals surface area (Å²) in [6, 6.07) is 10.6. The first-order chi connectivity index (χ1) is 10.6. The molecule has 0 spiro atoms. The number of benzene rings is 1. The molecule has 0 saturated heterocycles. The van der Waals surface area contributed by atoms with Gasteiger partial charge in [-0.2, -0.15) is 0 Å². The second kappa shape index (κ2) is 4.73. The Hall–Kier alpha value is -2.55. The fraction of sp³-hybridized carbons (Fsp3) is 0.211. The number of hydrogen-bond donors (Lipinski definition) is 0. The number of nitrogens with zero attached hydrogens (tertiary/aromatic N) is 3. The summed E-state index contributed by atoms with van der Waals surface area (Å²) < 4.78 is 2.13. The number of rotatable bonds is 1. The smallest absolute Gasteiger partial charge is 0.260 e. The number of hydrogen-bond acceptors (Lipinski definition) is 2. The second-order valence-corrected chi connectivity index (χ2v) is 6.03. The molecule has 0 N–H and O–H groups in total. The van der Waals surface area contributed by atoms with Crippen LogP contribution in [0.25, 0.3) is 22.5 Å². The van der Waals surface area contributed by atoms with Gasteiger partial charge in [0.2, 0.25) is 0 Å². The molecule has 1 aliphatic carbocycles. The van der Waals surface area contributed by atoms with Gasteiger partial charge in [-0.25, -0.2) is 4.57 Å². The van der Waals surface area contributed by atoms with E-state index in [9.17, 15) is 0 Å². The predicted molar refractivity (Wildman–Crippen MR) is 86.4 cm³/mol. The minimum Gasteiger partial charge on any atom is -0.260 e. The predicted octanol–water partition coefficient (Wildman–Crippen LogP) is 3.16. The minimum absolute atomic E-state index is 0.824. The first-order valence-corrected chi connectivity index (χ1v) is 7.55. The van der Waals surface area contributed by atoms with Crippen molar-refractivity contribution in [1.82, 2.24) is 9.97 Å². The lowest BCUT2D eigenvalue weighted by Gasteiger charge is -2.06. The highest BCUT2D eigenvalue weighted by Gasteiger charge is 2.28. The molecule has 4 rings (SSSR count). The fourth-order valence-corrected chi connectivity index (χ4v) is 3.17. The Bertz CT molecular complexity index is 897. The minimum atomic E-state index is 0.824. The Balaban J connectivity index is 1.92. The van der Waals surface area contributed by atoms with E-state index in [1.54, 1.807) is 0 Å². The van der Waals surface area contributed by atoms with Gasteiger partial charge in [0.25, 0.3) is 0 Å². The largest absolute Gasteiger partial charge is 0.330 e. The molecule has 0 bridgehead atoms. The van der Waals surface area contributed by atoms with E-state index in [2.05, 4.69) is 60.9 Å². The molecule has 0 aliphatic heterocycles. The average molecular weight is 288 g/mol. The Morgan fingerprint density at radius 3 is 2.73 bits per heavy atom. The van der Waals surface area contributed by atoms with E-state index >= 15 is 0 Å². The van der Waals surface area contributed by atoms with Crippen molar-refractivity contribution in [3.8, 4) is 22.5 Å². The Labute approximate surface area is 130 Å². The van der Waals surface area contributed by atoms with Crippen LogP contribution in [0.1, 0.15) is 22.5 Å².